The van der Waals surface area contributed by atoms with Gasteiger partial charge in [0, 0.05) is 28.7 Å². The molecule has 1 fully saturated rings. The van der Waals surface area contributed by atoms with E-state index in [1.165, 1.54) is 12.8 Å². The van der Waals surface area contributed by atoms with Gasteiger partial charge in [-0.1, -0.05) is 17.7 Å². The SMILES string of the molecule is Cc1ccc(Nc2cc(C3CC3)nc(N[C@@H](C)CO)n2)cc1Cl. The minimum absolute atomic E-state index is 0.0351. The molecule has 0 amide bonds. The van der Waals surface area contributed by atoms with E-state index in [0.717, 1.165) is 27.8 Å². The Morgan fingerprint density at radius 3 is 2.74 bits per heavy atom. The van der Waals surface area contributed by atoms with Crippen molar-refractivity contribution in [2.75, 3.05) is 17.2 Å². The Kier molecular flexibility index (Phi) is 4.68. The fourth-order valence-electron chi connectivity index (χ4n) is 2.27. The van der Waals surface area contributed by atoms with Gasteiger partial charge in [0.1, 0.15) is 5.82 Å². The van der Waals surface area contributed by atoms with E-state index in [0.29, 0.717) is 11.9 Å². The van der Waals surface area contributed by atoms with Gasteiger partial charge in [0.05, 0.1) is 12.3 Å². The lowest BCUT2D eigenvalue weighted by Gasteiger charge is -2.14. The quantitative estimate of drug-likeness (QED) is 0.749. The highest BCUT2D eigenvalue weighted by Crippen LogP contribution is 2.40. The maximum Gasteiger partial charge on any atom is 0.225 e. The highest BCUT2D eigenvalue weighted by Gasteiger charge is 2.26. The van der Waals surface area contributed by atoms with Crippen molar-refractivity contribution in [2.24, 2.45) is 0 Å². The van der Waals surface area contributed by atoms with Crippen LogP contribution in [0.2, 0.25) is 5.02 Å². The van der Waals surface area contributed by atoms with E-state index >= 15 is 0 Å². The molecule has 1 aromatic heterocycles. The number of nitrogens with one attached hydrogen (secondary N) is 2. The van der Waals surface area contributed by atoms with Crippen molar-refractivity contribution in [3.63, 3.8) is 0 Å². The summed E-state index contributed by atoms with van der Waals surface area (Å²) >= 11 is 6.18. The first-order valence-electron chi connectivity index (χ1n) is 7.84. The molecule has 0 saturated heterocycles. The van der Waals surface area contributed by atoms with Gasteiger partial charge in [0.15, 0.2) is 0 Å². The molecular weight excluding hydrogens is 312 g/mol. The van der Waals surface area contributed by atoms with E-state index in [1.807, 2.05) is 38.1 Å². The van der Waals surface area contributed by atoms with Crippen LogP contribution in [-0.2, 0) is 0 Å². The minimum Gasteiger partial charge on any atom is -0.394 e. The zero-order valence-electron chi connectivity index (χ0n) is 13.3. The third kappa shape index (κ3) is 4.12. The summed E-state index contributed by atoms with van der Waals surface area (Å²) in [5, 5.41) is 16.3. The second-order valence-electron chi connectivity index (χ2n) is 6.09. The van der Waals surface area contributed by atoms with Crippen molar-refractivity contribution < 1.29 is 5.11 Å². The second kappa shape index (κ2) is 6.72. The van der Waals surface area contributed by atoms with Crippen molar-refractivity contribution in [1.82, 2.24) is 9.97 Å². The zero-order chi connectivity index (χ0) is 16.4. The largest absolute Gasteiger partial charge is 0.394 e. The Morgan fingerprint density at radius 1 is 1.30 bits per heavy atom. The Hall–Kier alpha value is -1.85. The number of hydrogen-bond acceptors (Lipinski definition) is 5. The molecule has 1 aliphatic rings. The summed E-state index contributed by atoms with van der Waals surface area (Å²) in [5.74, 6) is 1.79. The predicted octanol–water partition coefficient (Wildman–Crippen LogP) is 3.85. The normalized spacial score (nSPS) is 15.3. The van der Waals surface area contributed by atoms with Crippen LogP contribution in [0.4, 0.5) is 17.5 Å². The second-order valence-corrected chi connectivity index (χ2v) is 6.50. The van der Waals surface area contributed by atoms with Crippen molar-refractivity contribution in [2.45, 2.75) is 38.6 Å². The lowest BCUT2D eigenvalue weighted by atomic mass is 10.2. The van der Waals surface area contributed by atoms with E-state index in [4.69, 9.17) is 11.6 Å². The van der Waals surface area contributed by atoms with Gasteiger partial charge in [-0.3, -0.25) is 0 Å². The standard InChI is InChI=1S/C17H21ClN4O/c1-10-3-6-13(7-14(10)18)20-16-8-15(12-4-5-12)21-17(22-16)19-11(2)9-23/h3,6-8,11-12,23H,4-5,9H2,1-2H3,(H2,19,20,21,22)/t11-/m0/s1. The van der Waals surface area contributed by atoms with Crippen molar-refractivity contribution in [1.29, 1.82) is 0 Å². The number of rotatable bonds is 6. The van der Waals surface area contributed by atoms with Crippen LogP contribution >= 0.6 is 11.6 Å². The summed E-state index contributed by atoms with van der Waals surface area (Å²) < 4.78 is 0. The average molecular weight is 333 g/mol. The molecule has 1 heterocycles. The number of anilines is 3. The van der Waals surface area contributed by atoms with Crippen LogP contribution < -0.4 is 10.6 Å². The molecule has 23 heavy (non-hydrogen) atoms. The van der Waals surface area contributed by atoms with Crippen molar-refractivity contribution >= 4 is 29.1 Å². The Balaban J connectivity index is 1.86. The summed E-state index contributed by atoms with van der Waals surface area (Å²) in [7, 11) is 0. The van der Waals surface area contributed by atoms with Gasteiger partial charge in [0.25, 0.3) is 0 Å². The molecule has 0 bridgehead atoms. The number of aliphatic hydroxyl groups excluding tert-OH is 1. The first-order valence-corrected chi connectivity index (χ1v) is 8.22. The van der Waals surface area contributed by atoms with Gasteiger partial charge in [-0.25, -0.2) is 4.98 Å². The molecule has 3 rings (SSSR count). The molecule has 6 heteroatoms. The smallest absolute Gasteiger partial charge is 0.225 e. The van der Waals surface area contributed by atoms with Crippen LogP contribution in [0.5, 0.6) is 0 Å². The summed E-state index contributed by atoms with van der Waals surface area (Å²) in [5.41, 5.74) is 2.97. The molecule has 0 aliphatic heterocycles. The topological polar surface area (TPSA) is 70.1 Å². The fourth-order valence-corrected chi connectivity index (χ4v) is 2.45. The molecule has 122 valence electrons. The molecule has 0 spiro atoms. The molecule has 1 atom stereocenters. The van der Waals surface area contributed by atoms with Crippen LogP contribution in [-0.4, -0.2) is 27.7 Å². The number of halogens is 1. The maximum absolute atomic E-state index is 9.20. The van der Waals surface area contributed by atoms with Gasteiger partial charge in [-0.15, -0.1) is 0 Å². The monoisotopic (exact) mass is 332 g/mol. The first-order chi connectivity index (χ1) is 11.0. The van der Waals surface area contributed by atoms with Crippen LogP contribution in [0, 0.1) is 6.92 Å². The van der Waals surface area contributed by atoms with Gasteiger partial charge in [-0.05, 0) is 44.4 Å². The third-order valence-corrected chi connectivity index (χ3v) is 4.24. The molecular formula is C17H21ClN4O. The highest BCUT2D eigenvalue weighted by molar-refractivity contribution is 6.31. The molecule has 1 aromatic carbocycles. The number of hydrogen-bond donors (Lipinski definition) is 3. The van der Waals surface area contributed by atoms with E-state index in [2.05, 4.69) is 20.6 Å². The van der Waals surface area contributed by atoms with Gasteiger partial charge in [-0.2, -0.15) is 4.98 Å². The Labute approximate surface area is 141 Å². The lowest BCUT2D eigenvalue weighted by molar-refractivity contribution is 0.281. The molecule has 0 radical (unpaired) electrons. The molecule has 0 unspecified atom stereocenters. The Morgan fingerprint density at radius 2 is 2.09 bits per heavy atom. The number of aromatic nitrogens is 2. The van der Waals surface area contributed by atoms with Gasteiger partial charge < -0.3 is 15.7 Å². The predicted molar refractivity (Wildman–Crippen MR) is 93.6 cm³/mol. The summed E-state index contributed by atoms with van der Waals surface area (Å²) in [6.45, 7) is 3.90. The molecule has 5 nitrogen and oxygen atoms in total. The summed E-state index contributed by atoms with van der Waals surface area (Å²) in [6, 6.07) is 7.73. The highest BCUT2D eigenvalue weighted by atomic mass is 35.5. The third-order valence-electron chi connectivity index (χ3n) is 3.84. The van der Waals surface area contributed by atoms with Crippen LogP contribution in [0.15, 0.2) is 24.3 Å². The molecule has 1 aliphatic carbocycles. The van der Waals surface area contributed by atoms with Crippen LogP contribution in [0.25, 0.3) is 0 Å². The zero-order valence-corrected chi connectivity index (χ0v) is 14.1. The fraction of sp³-hybridized carbons (Fsp3) is 0.412. The summed E-state index contributed by atoms with van der Waals surface area (Å²) in [6.07, 6.45) is 2.34. The minimum atomic E-state index is -0.0916. The maximum atomic E-state index is 9.20. The molecule has 2 aromatic rings. The van der Waals surface area contributed by atoms with E-state index < -0.39 is 0 Å². The van der Waals surface area contributed by atoms with E-state index in [-0.39, 0.29) is 12.6 Å². The summed E-state index contributed by atoms with van der Waals surface area (Å²) in [4.78, 5) is 9.05. The van der Waals surface area contributed by atoms with Gasteiger partial charge in [0.2, 0.25) is 5.95 Å². The Bertz CT molecular complexity index is 703. The number of aliphatic hydroxyl groups is 1. The van der Waals surface area contributed by atoms with Crippen molar-refractivity contribution in [3.8, 4) is 0 Å². The van der Waals surface area contributed by atoms with Gasteiger partial charge >= 0.3 is 0 Å². The molecule has 3 N–H and O–H groups in total. The number of benzene rings is 1. The van der Waals surface area contributed by atoms with E-state index in [1.54, 1.807) is 0 Å². The lowest BCUT2D eigenvalue weighted by Crippen LogP contribution is -2.21. The van der Waals surface area contributed by atoms with Crippen LogP contribution in [0.1, 0.15) is 36.9 Å². The number of nitrogens with zero attached hydrogens (tertiary/aromatic N) is 2. The van der Waals surface area contributed by atoms with Crippen molar-refractivity contribution in [3.05, 3.63) is 40.5 Å². The van der Waals surface area contributed by atoms with Crippen LogP contribution in [0.3, 0.4) is 0 Å². The average Bonchev–Trinajstić information content (AvgIpc) is 3.35. The first kappa shape index (κ1) is 16.0. The van der Waals surface area contributed by atoms with E-state index in [9.17, 15) is 5.11 Å². The molecule has 1 saturated carbocycles. The number of aryl methyl sites for hydroxylation is 1.